The average molecular weight is 389 g/mol. The Balaban J connectivity index is 2.15. The fourth-order valence-corrected chi connectivity index (χ4v) is 2.91. The Bertz CT molecular complexity index is 922. The van der Waals surface area contributed by atoms with Crippen LogP contribution in [0.4, 0.5) is 11.4 Å². The van der Waals surface area contributed by atoms with Gasteiger partial charge in [-0.15, -0.1) is 0 Å². The number of hydrogen-bond acceptors (Lipinski definition) is 4. The highest BCUT2D eigenvalue weighted by atomic mass is 32.2. The van der Waals surface area contributed by atoms with Crippen molar-refractivity contribution in [1.29, 1.82) is 0 Å². The highest BCUT2D eigenvalue weighted by molar-refractivity contribution is 7.92. The second-order valence-electron chi connectivity index (χ2n) is 6.21. The van der Waals surface area contributed by atoms with Gasteiger partial charge in [0.1, 0.15) is 0 Å². The molecule has 2 rings (SSSR count). The molecule has 0 saturated heterocycles. The first-order chi connectivity index (χ1) is 12.7. The zero-order chi connectivity index (χ0) is 20.0. The molecule has 0 saturated carbocycles. The van der Waals surface area contributed by atoms with E-state index in [0.29, 0.717) is 22.5 Å². The summed E-state index contributed by atoms with van der Waals surface area (Å²) < 4.78 is 25.6. The summed E-state index contributed by atoms with van der Waals surface area (Å²) >= 11 is 0. The van der Waals surface area contributed by atoms with Gasteiger partial charge in [0.15, 0.2) is 0 Å². The summed E-state index contributed by atoms with van der Waals surface area (Å²) in [6.07, 6.45) is 0. The van der Waals surface area contributed by atoms with Gasteiger partial charge in [-0.2, -0.15) is 0 Å². The lowest BCUT2D eigenvalue weighted by Crippen LogP contribution is -2.31. The third kappa shape index (κ3) is 5.82. The van der Waals surface area contributed by atoms with Crippen LogP contribution in [0.5, 0.6) is 0 Å². The lowest BCUT2D eigenvalue weighted by molar-refractivity contribution is 0.0944. The molecule has 0 aliphatic heterocycles. The van der Waals surface area contributed by atoms with Crippen LogP contribution < -0.4 is 15.4 Å². The zero-order valence-corrected chi connectivity index (χ0v) is 16.3. The molecule has 7 nitrogen and oxygen atoms in total. The van der Waals surface area contributed by atoms with Crippen molar-refractivity contribution in [1.82, 2.24) is 5.32 Å². The number of sulfonamides is 1. The van der Waals surface area contributed by atoms with Gasteiger partial charge in [-0.1, -0.05) is 12.1 Å². The van der Waals surface area contributed by atoms with E-state index in [4.69, 9.17) is 0 Å². The Kier molecular flexibility index (Phi) is 6.57. The van der Waals surface area contributed by atoms with E-state index in [1.807, 2.05) is 13.8 Å². The minimum Gasteiger partial charge on any atom is -0.350 e. The van der Waals surface area contributed by atoms with Crippen molar-refractivity contribution in [3.8, 4) is 0 Å². The van der Waals surface area contributed by atoms with Gasteiger partial charge in [0.2, 0.25) is 10.0 Å². The van der Waals surface area contributed by atoms with Crippen molar-refractivity contribution in [2.24, 2.45) is 0 Å². The van der Waals surface area contributed by atoms with Crippen molar-refractivity contribution in [2.75, 3.05) is 15.8 Å². The standard InChI is InChI=1S/C19H23N3O4S/c1-4-27(25,26)22-15-11-9-14(10-12-15)18(23)21-17-8-6-5-7-16(17)19(24)20-13(2)3/h5-13,22H,4H2,1-3H3,(H,20,24)(H,21,23). The Morgan fingerprint density at radius 1 is 0.963 bits per heavy atom. The summed E-state index contributed by atoms with van der Waals surface area (Å²) in [6.45, 7) is 5.25. The molecule has 0 fully saturated rings. The first-order valence-corrected chi connectivity index (χ1v) is 10.2. The normalized spacial score (nSPS) is 11.1. The fourth-order valence-electron chi connectivity index (χ4n) is 2.27. The van der Waals surface area contributed by atoms with E-state index in [9.17, 15) is 18.0 Å². The number of amides is 2. The summed E-state index contributed by atoms with van der Waals surface area (Å²) in [6, 6.07) is 12.8. The van der Waals surface area contributed by atoms with Crippen LogP contribution in [0, 0.1) is 0 Å². The molecule has 2 amide bonds. The van der Waals surface area contributed by atoms with Gasteiger partial charge in [-0.3, -0.25) is 14.3 Å². The Morgan fingerprint density at radius 3 is 2.19 bits per heavy atom. The van der Waals surface area contributed by atoms with E-state index in [-0.39, 0.29) is 17.7 Å². The molecule has 27 heavy (non-hydrogen) atoms. The topological polar surface area (TPSA) is 104 Å². The second kappa shape index (κ2) is 8.68. The van der Waals surface area contributed by atoms with Gasteiger partial charge in [0.25, 0.3) is 11.8 Å². The summed E-state index contributed by atoms with van der Waals surface area (Å²) in [5, 5.41) is 5.51. The van der Waals surface area contributed by atoms with Gasteiger partial charge < -0.3 is 10.6 Å². The van der Waals surface area contributed by atoms with Crippen molar-refractivity contribution >= 4 is 33.2 Å². The smallest absolute Gasteiger partial charge is 0.255 e. The zero-order valence-electron chi connectivity index (χ0n) is 15.4. The van der Waals surface area contributed by atoms with Gasteiger partial charge in [-0.25, -0.2) is 8.42 Å². The number of carbonyl (C=O) groups excluding carboxylic acids is 2. The van der Waals surface area contributed by atoms with Crippen molar-refractivity contribution in [3.05, 3.63) is 59.7 Å². The summed E-state index contributed by atoms with van der Waals surface area (Å²) in [5.74, 6) is -0.709. The van der Waals surface area contributed by atoms with E-state index in [0.717, 1.165) is 0 Å². The number of carbonyl (C=O) groups is 2. The third-order valence-corrected chi connectivity index (χ3v) is 4.95. The second-order valence-corrected chi connectivity index (χ2v) is 8.22. The monoisotopic (exact) mass is 389 g/mol. The fraction of sp³-hybridized carbons (Fsp3) is 0.263. The molecule has 0 heterocycles. The quantitative estimate of drug-likeness (QED) is 0.677. The molecule has 3 N–H and O–H groups in total. The van der Waals surface area contributed by atoms with Crippen LogP contribution in [-0.4, -0.2) is 32.0 Å². The minimum atomic E-state index is -3.37. The molecule has 0 aromatic heterocycles. The van der Waals surface area contributed by atoms with E-state index < -0.39 is 15.9 Å². The molecular weight excluding hydrogens is 366 g/mol. The highest BCUT2D eigenvalue weighted by Gasteiger charge is 2.15. The Labute approximate surface area is 159 Å². The van der Waals surface area contributed by atoms with Crippen LogP contribution in [0.1, 0.15) is 41.5 Å². The number of para-hydroxylation sites is 1. The van der Waals surface area contributed by atoms with Gasteiger partial charge >= 0.3 is 0 Å². The van der Waals surface area contributed by atoms with Gasteiger partial charge in [0.05, 0.1) is 17.0 Å². The van der Waals surface area contributed by atoms with E-state index in [1.165, 1.54) is 31.2 Å². The molecular formula is C19H23N3O4S. The number of nitrogens with one attached hydrogen (secondary N) is 3. The number of hydrogen-bond donors (Lipinski definition) is 3. The van der Waals surface area contributed by atoms with Crippen LogP contribution >= 0.6 is 0 Å². The third-order valence-electron chi connectivity index (χ3n) is 3.64. The minimum absolute atomic E-state index is 0.0271. The van der Waals surface area contributed by atoms with Crippen molar-refractivity contribution < 1.29 is 18.0 Å². The lowest BCUT2D eigenvalue weighted by Gasteiger charge is -2.13. The van der Waals surface area contributed by atoms with Crippen LogP contribution in [-0.2, 0) is 10.0 Å². The molecule has 0 unspecified atom stereocenters. The number of rotatable bonds is 7. The summed E-state index contributed by atoms with van der Waals surface area (Å²) in [4.78, 5) is 24.8. The molecule has 2 aromatic rings. The first kappa shape index (κ1) is 20.4. The van der Waals surface area contributed by atoms with Crippen LogP contribution in [0.2, 0.25) is 0 Å². The maximum Gasteiger partial charge on any atom is 0.255 e. The maximum atomic E-state index is 12.5. The van der Waals surface area contributed by atoms with E-state index >= 15 is 0 Å². The Hall–Kier alpha value is -2.87. The first-order valence-electron chi connectivity index (χ1n) is 8.53. The van der Waals surface area contributed by atoms with Gasteiger partial charge in [-0.05, 0) is 57.2 Å². The van der Waals surface area contributed by atoms with E-state index in [2.05, 4.69) is 15.4 Å². The molecule has 0 bridgehead atoms. The highest BCUT2D eigenvalue weighted by Crippen LogP contribution is 2.18. The largest absolute Gasteiger partial charge is 0.350 e. The summed E-state index contributed by atoms with van der Waals surface area (Å²) in [7, 11) is -3.37. The molecule has 0 radical (unpaired) electrons. The SMILES string of the molecule is CCS(=O)(=O)Nc1ccc(C(=O)Nc2ccccc2C(=O)NC(C)C)cc1. The average Bonchev–Trinajstić information content (AvgIpc) is 2.62. The predicted molar refractivity (Wildman–Crippen MR) is 107 cm³/mol. The van der Waals surface area contributed by atoms with Crippen LogP contribution in [0.25, 0.3) is 0 Å². The van der Waals surface area contributed by atoms with E-state index in [1.54, 1.807) is 24.3 Å². The number of anilines is 2. The van der Waals surface area contributed by atoms with Gasteiger partial charge in [0, 0.05) is 17.3 Å². The molecule has 0 spiro atoms. The van der Waals surface area contributed by atoms with Crippen LogP contribution in [0.15, 0.2) is 48.5 Å². The lowest BCUT2D eigenvalue weighted by atomic mass is 10.1. The van der Waals surface area contributed by atoms with Crippen molar-refractivity contribution in [2.45, 2.75) is 26.8 Å². The maximum absolute atomic E-state index is 12.5. The molecule has 8 heteroatoms. The Morgan fingerprint density at radius 2 is 1.59 bits per heavy atom. The molecule has 0 atom stereocenters. The molecule has 0 aliphatic rings. The summed E-state index contributed by atoms with van der Waals surface area (Å²) in [5.41, 5.74) is 1.49. The van der Waals surface area contributed by atoms with Crippen LogP contribution in [0.3, 0.4) is 0 Å². The van der Waals surface area contributed by atoms with Crippen molar-refractivity contribution in [3.63, 3.8) is 0 Å². The number of benzene rings is 2. The predicted octanol–water partition coefficient (Wildman–Crippen LogP) is 2.84. The molecule has 0 aliphatic carbocycles. The molecule has 2 aromatic carbocycles. The molecule has 144 valence electrons.